The third-order valence-corrected chi connectivity index (χ3v) is 4.42. The molecule has 0 fully saturated rings. The van der Waals surface area contributed by atoms with Crippen LogP contribution >= 0.6 is 0 Å². The molecule has 0 spiro atoms. The first-order valence-corrected chi connectivity index (χ1v) is 9.48. The molecule has 2 aromatic carbocycles. The van der Waals surface area contributed by atoms with Crippen molar-refractivity contribution in [3.05, 3.63) is 89.2 Å². The molecule has 0 aliphatic carbocycles. The van der Waals surface area contributed by atoms with Gasteiger partial charge >= 0.3 is 0 Å². The van der Waals surface area contributed by atoms with Crippen molar-refractivity contribution in [2.75, 3.05) is 0 Å². The van der Waals surface area contributed by atoms with Gasteiger partial charge in [-0.1, -0.05) is 62.4 Å². The summed E-state index contributed by atoms with van der Waals surface area (Å²) < 4.78 is 1.89. The summed E-state index contributed by atoms with van der Waals surface area (Å²) in [6.07, 6.45) is 5.20. The van der Waals surface area contributed by atoms with Gasteiger partial charge < -0.3 is 5.32 Å². The number of hydrogen-bond acceptors (Lipinski definition) is 2. The zero-order valence-corrected chi connectivity index (χ0v) is 16.1. The van der Waals surface area contributed by atoms with Gasteiger partial charge in [0.25, 0.3) is 0 Å². The van der Waals surface area contributed by atoms with Crippen LogP contribution < -0.4 is 5.32 Å². The van der Waals surface area contributed by atoms with Crippen LogP contribution in [0.1, 0.15) is 36.1 Å². The normalized spacial score (nSPS) is 10.9. The Morgan fingerprint density at radius 2 is 1.74 bits per heavy atom. The molecular weight excluding hydrogens is 334 g/mol. The van der Waals surface area contributed by atoms with Crippen molar-refractivity contribution < 1.29 is 4.79 Å². The molecule has 0 unspecified atom stereocenters. The van der Waals surface area contributed by atoms with E-state index in [1.54, 1.807) is 6.20 Å². The number of carbonyl (C=O) groups is 1. The van der Waals surface area contributed by atoms with Crippen molar-refractivity contribution in [2.24, 2.45) is 5.92 Å². The van der Waals surface area contributed by atoms with Crippen LogP contribution in [0.25, 0.3) is 0 Å². The summed E-state index contributed by atoms with van der Waals surface area (Å²) in [5, 5.41) is 7.25. The molecule has 4 heteroatoms. The molecule has 3 aromatic rings. The largest absolute Gasteiger partial charge is 0.352 e. The Kier molecular flexibility index (Phi) is 6.42. The average molecular weight is 361 g/mol. The molecule has 1 amide bonds. The van der Waals surface area contributed by atoms with Gasteiger partial charge in [-0.2, -0.15) is 5.10 Å². The molecule has 0 aliphatic rings. The van der Waals surface area contributed by atoms with Crippen LogP contribution in [0.3, 0.4) is 0 Å². The predicted octanol–water partition coefficient (Wildman–Crippen LogP) is 3.99. The van der Waals surface area contributed by atoms with Gasteiger partial charge in [-0.25, -0.2) is 0 Å². The molecule has 27 heavy (non-hydrogen) atoms. The van der Waals surface area contributed by atoms with E-state index in [-0.39, 0.29) is 5.91 Å². The number of rotatable bonds is 8. The van der Waals surface area contributed by atoms with Crippen LogP contribution in [-0.2, 0) is 30.7 Å². The number of benzene rings is 2. The first-order valence-electron chi connectivity index (χ1n) is 9.48. The van der Waals surface area contributed by atoms with Gasteiger partial charge in [-0.3, -0.25) is 9.48 Å². The number of nitrogens with one attached hydrogen (secondary N) is 1. The van der Waals surface area contributed by atoms with Crippen LogP contribution in [0.15, 0.2) is 67.0 Å². The van der Waals surface area contributed by atoms with E-state index < -0.39 is 0 Å². The Hall–Kier alpha value is -2.88. The van der Waals surface area contributed by atoms with Gasteiger partial charge in [0.05, 0.1) is 13.0 Å². The summed E-state index contributed by atoms with van der Waals surface area (Å²) in [4.78, 5) is 12.3. The monoisotopic (exact) mass is 361 g/mol. The highest BCUT2D eigenvalue weighted by Crippen LogP contribution is 2.11. The Morgan fingerprint density at radius 3 is 2.44 bits per heavy atom. The topological polar surface area (TPSA) is 46.9 Å². The highest BCUT2D eigenvalue weighted by molar-refractivity contribution is 5.78. The SMILES string of the molecule is CC(C)Cc1ccc(CC(=O)NCc2cccc(Cn3cccn3)c2)cc1. The molecule has 0 atom stereocenters. The summed E-state index contributed by atoms with van der Waals surface area (Å²) in [6, 6.07) is 18.5. The van der Waals surface area contributed by atoms with Crippen molar-refractivity contribution in [1.29, 1.82) is 0 Å². The van der Waals surface area contributed by atoms with Crippen LogP contribution in [0.2, 0.25) is 0 Å². The van der Waals surface area contributed by atoms with Crippen molar-refractivity contribution in [3.8, 4) is 0 Å². The fourth-order valence-corrected chi connectivity index (χ4v) is 3.13. The van der Waals surface area contributed by atoms with E-state index >= 15 is 0 Å². The Labute approximate surface area is 161 Å². The van der Waals surface area contributed by atoms with Gasteiger partial charge in [0.2, 0.25) is 5.91 Å². The molecule has 0 saturated heterocycles. The maximum absolute atomic E-state index is 12.3. The Bertz CT molecular complexity index is 852. The van der Waals surface area contributed by atoms with E-state index in [2.05, 4.69) is 60.7 Å². The Balaban J connectivity index is 1.50. The lowest BCUT2D eigenvalue weighted by Gasteiger charge is -2.09. The average Bonchev–Trinajstić information content (AvgIpc) is 3.15. The second-order valence-electron chi connectivity index (χ2n) is 7.39. The molecule has 140 valence electrons. The van der Waals surface area contributed by atoms with Crippen molar-refractivity contribution in [3.63, 3.8) is 0 Å². The second kappa shape index (κ2) is 9.17. The maximum atomic E-state index is 12.3. The van der Waals surface area contributed by atoms with E-state index in [0.717, 1.165) is 24.1 Å². The molecular formula is C23H27N3O. The number of aromatic nitrogens is 2. The first-order chi connectivity index (χ1) is 13.1. The molecule has 1 N–H and O–H groups in total. The molecule has 1 aromatic heterocycles. The maximum Gasteiger partial charge on any atom is 0.224 e. The van der Waals surface area contributed by atoms with Crippen LogP contribution in [0.4, 0.5) is 0 Å². The minimum Gasteiger partial charge on any atom is -0.352 e. The molecule has 0 radical (unpaired) electrons. The number of carbonyl (C=O) groups excluding carboxylic acids is 1. The van der Waals surface area contributed by atoms with E-state index in [9.17, 15) is 4.79 Å². The van der Waals surface area contributed by atoms with Crippen molar-refractivity contribution >= 4 is 5.91 Å². The van der Waals surface area contributed by atoms with Gasteiger partial charge in [0.15, 0.2) is 0 Å². The van der Waals surface area contributed by atoms with Gasteiger partial charge in [-0.15, -0.1) is 0 Å². The van der Waals surface area contributed by atoms with E-state index in [0.29, 0.717) is 18.9 Å². The highest BCUT2D eigenvalue weighted by Gasteiger charge is 2.05. The summed E-state index contributed by atoms with van der Waals surface area (Å²) in [5.74, 6) is 0.687. The van der Waals surface area contributed by atoms with Crippen LogP contribution in [-0.4, -0.2) is 15.7 Å². The number of hydrogen-bond donors (Lipinski definition) is 1. The van der Waals surface area contributed by atoms with Crippen LogP contribution in [0, 0.1) is 5.92 Å². The van der Waals surface area contributed by atoms with Crippen molar-refractivity contribution in [1.82, 2.24) is 15.1 Å². The molecule has 4 nitrogen and oxygen atoms in total. The smallest absolute Gasteiger partial charge is 0.224 e. The van der Waals surface area contributed by atoms with E-state index in [4.69, 9.17) is 0 Å². The second-order valence-corrected chi connectivity index (χ2v) is 7.39. The fraction of sp³-hybridized carbons (Fsp3) is 0.304. The lowest BCUT2D eigenvalue weighted by atomic mass is 10.0. The summed E-state index contributed by atoms with van der Waals surface area (Å²) in [6.45, 7) is 5.70. The lowest BCUT2D eigenvalue weighted by molar-refractivity contribution is -0.120. The summed E-state index contributed by atoms with van der Waals surface area (Å²) in [7, 11) is 0. The zero-order chi connectivity index (χ0) is 19.1. The lowest BCUT2D eigenvalue weighted by Crippen LogP contribution is -2.24. The standard InChI is InChI=1S/C23H27N3O/c1-18(2)13-19-7-9-20(10-8-19)15-23(27)24-16-21-5-3-6-22(14-21)17-26-12-4-11-25-26/h3-12,14,18H,13,15-17H2,1-2H3,(H,24,27). The number of amides is 1. The fourth-order valence-electron chi connectivity index (χ4n) is 3.13. The quantitative estimate of drug-likeness (QED) is 0.659. The molecule has 3 rings (SSSR count). The highest BCUT2D eigenvalue weighted by atomic mass is 16.1. The van der Waals surface area contributed by atoms with E-state index in [1.807, 2.05) is 29.1 Å². The van der Waals surface area contributed by atoms with E-state index in [1.165, 1.54) is 11.1 Å². The van der Waals surface area contributed by atoms with Gasteiger partial charge in [0, 0.05) is 18.9 Å². The predicted molar refractivity (Wildman–Crippen MR) is 108 cm³/mol. The number of nitrogens with zero attached hydrogens (tertiary/aromatic N) is 2. The molecule has 0 bridgehead atoms. The minimum atomic E-state index is 0.0455. The third kappa shape index (κ3) is 6.10. The Morgan fingerprint density at radius 1 is 1.00 bits per heavy atom. The molecule has 0 aliphatic heterocycles. The van der Waals surface area contributed by atoms with Gasteiger partial charge in [0.1, 0.15) is 0 Å². The minimum absolute atomic E-state index is 0.0455. The molecule has 1 heterocycles. The third-order valence-electron chi connectivity index (χ3n) is 4.42. The van der Waals surface area contributed by atoms with Gasteiger partial charge in [-0.05, 0) is 40.7 Å². The molecule has 0 saturated carbocycles. The van der Waals surface area contributed by atoms with Crippen molar-refractivity contribution in [2.45, 2.75) is 39.8 Å². The summed E-state index contributed by atoms with van der Waals surface area (Å²) >= 11 is 0. The first kappa shape index (κ1) is 18.9. The summed E-state index contributed by atoms with van der Waals surface area (Å²) in [5.41, 5.74) is 4.64. The van der Waals surface area contributed by atoms with Crippen LogP contribution in [0.5, 0.6) is 0 Å². The zero-order valence-electron chi connectivity index (χ0n) is 16.1.